The van der Waals surface area contributed by atoms with E-state index in [4.69, 9.17) is 9.84 Å². The minimum absolute atomic E-state index is 0.0501. The van der Waals surface area contributed by atoms with Crippen molar-refractivity contribution < 1.29 is 9.53 Å². The van der Waals surface area contributed by atoms with Crippen LogP contribution >= 0.6 is 0 Å². The zero-order valence-electron chi connectivity index (χ0n) is 20.0. The molecule has 2 amide bonds. The standard InChI is InChI=1S/C25H36N6O2/c1-28(2)20-6-4-18(5-7-20)23-15-24(29(3)27-23)22-17-31-9-8-19(22)14-21(31)16-26-25(32)30-10-12-33-13-11-30/h4-7,15,19,21-22H,8-14,16-17H2,1-3H3,(H,26,32). The summed E-state index contributed by atoms with van der Waals surface area (Å²) < 4.78 is 7.43. The van der Waals surface area contributed by atoms with Crippen LogP contribution in [-0.4, -0.2) is 91.7 Å². The van der Waals surface area contributed by atoms with Crippen LogP contribution in [0.25, 0.3) is 11.3 Å². The van der Waals surface area contributed by atoms with Crippen molar-refractivity contribution in [1.29, 1.82) is 0 Å². The number of morpholine rings is 1. The van der Waals surface area contributed by atoms with Gasteiger partial charge in [-0.15, -0.1) is 0 Å². The lowest BCUT2D eigenvalue weighted by atomic mass is 9.74. The first-order valence-corrected chi connectivity index (χ1v) is 12.2. The molecule has 0 aliphatic carbocycles. The summed E-state index contributed by atoms with van der Waals surface area (Å²) in [5.41, 5.74) is 4.72. The van der Waals surface area contributed by atoms with E-state index in [0.717, 1.165) is 37.3 Å². The average molecular weight is 453 g/mol. The highest BCUT2D eigenvalue weighted by Crippen LogP contribution is 2.42. The maximum absolute atomic E-state index is 12.5. The van der Waals surface area contributed by atoms with E-state index in [2.05, 4.69) is 71.3 Å². The van der Waals surface area contributed by atoms with E-state index >= 15 is 0 Å². The van der Waals surface area contributed by atoms with Gasteiger partial charge in [-0.2, -0.15) is 5.10 Å². The van der Waals surface area contributed by atoms with Crippen LogP contribution in [0.15, 0.2) is 30.3 Å². The molecule has 4 aliphatic rings. The molecule has 4 aliphatic heterocycles. The van der Waals surface area contributed by atoms with Crippen molar-refractivity contribution in [1.82, 2.24) is 24.9 Å². The van der Waals surface area contributed by atoms with Crippen molar-refractivity contribution in [3.8, 4) is 11.3 Å². The normalized spacial score (nSPS) is 26.9. The minimum Gasteiger partial charge on any atom is -0.378 e. The fraction of sp³-hybridized carbons (Fsp3) is 0.600. The van der Waals surface area contributed by atoms with Gasteiger partial charge in [0.2, 0.25) is 0 Å². The predicted octanol–water partition coefficient (Wildman–Crippen LogP) is 2.37. The summed E-state index contributed by atoms with van der Waals surface area (Å²) in [6.45, 7) is 5.54. The number of hydrogen-bond donors (Lipinski definition) is 1. The Morgan fingerprint density at radius 2 is 1.94 bits per heavy atom. The Morgan fingerprint density at radius 1 is 1.18 bits per heavy atom. The van der Waals surface area contributed by atoms with Crippen LogP contribution in [-0.2, 0) is 11.8 Å². The number of piperidine rings is 3. The van der Waals surface area contributed by atoms with Gasteiger partial charge in [0.25, 0.3) is 0 Å². The lowest BCUT2D eigenvalue weighted by Gasteiger charge is -2.50. The van der Waals surface area contributed by atoms with Gasteiger partial charge in [0.05, 0.1) is 18.9 Å². The molecule has 0 radical (unpaired) electrons. The Hall–Kier alpha value is -2.58. The highest BCUT2D eigenvalue weighted by molar-refractivity contribution is 5.74. The summed E-state index contributed by atoms with van der Waals surface area (Å²) in [5, 5.41) is 8.04. The lowest BCUT2D eigenvalue weighted by molar-refractivity contribution is 0.0265. The number of urea groups is 1. The molecule has 4 atom stereocenters. The number of hydrogen-bond acceptors (Lipinski definition) is 5. The molecule has 8 heteroatoms. The second-order valence-corrected chi connectivity index (χ2v) is 9.84. The topological polar surface area (TPSA) is 65.9 Å². The van der Waals surface area contributed by atoms with Crippen molar-refractivity contribution in [3.05, 3.63) is 36.0 Å². The van der Waals surface area contributed by atoms with Gasteiger partial charge >= 0.3 is 6.03 Å². The van der Waals surface area contributed by atoms with E-state index in [9.17, 15) is 4.79 Å². The number of aryl methyl sites for hydroxylation is 1. The third-order valence-corrected chi connectivity index (χ3v) is 7.64. The molecule has 2 aromatic rings. The third kappa shape index (κ3) is 4.59. The van der Waals surface area contributed by atoms with Gasteiger partial charge in [-0.3, -0.25) is 9.58 Å². The number of benzene rings is 1. The Labute approximate surface area is 196 Å². The van der Waals surface area contributed by atoms with Crippen LogP contribution in [0.4, 0.5) is 10.5 Å². The van der Waals surface area contributed by atoms with Gasteiger partial charge in [0.1, 0.15) is 0 Å². The molecule has 33 heavy (non-hydrogen) atoms. The number of aromatic nitrogens is 2. The van der Waals surface area contributed by atoms with Crippen LogP contribution in [0.3, 0.4) is 0 Å². The van der Waals surface area contributed by atoms with Gasteiger partial charge in [-0.05, 0) is 43.5 Å². The quantitative estimate of drug-likeness (QED) is 0.755. The number of amides is 2. The number of rotatable bonds is 5. The van der Waals surface area contributed by atoms with Gasteiger partial charge in [0.15, 0.2) is 0 Å². The number of nitrogens with zero attached hydrogens (tertiary/aromatic N) is 5. The molecule has 2 bridgehead atoms. The molecule has 0 spiro atoms. The minimum atomic E-state index is 0.0501. The Bertz CT molecular complexity index is 966. The van der Waals surface area contributed by atoms with Crippen molar-refractivity contribution in [2.75, 3.05) is 64.9 Å². The van der Waals surface area contributed by atoms with Crippen LogP contribution < -0.4 is 10.2 Å². The number of nitrogens with one attached hydrogen (secondary N) is 1. The van der Waals surface area contributed by atoms with Gasteiger partial charge in [-0.25, -0.2) is 4.79 Å². The largest absolute Gasteiger partial charge is 0.378 e. The van der Waals surface area contributed by atoms with E-state index < -0.39 is 0 Å². The molecule has 4 fully saturated rings. The first-order chi connectivity index (χ1) is 16.0. The van der Waals surface area contributed by atoms with Gasteiger partial charge in [0, 0.05) is 76.2 Å². The first-order valence-electron chi connectivity index (χ1n) is 12.2. The van der Waals surface area contributed by atoms with Crippen molar-refractivity contribution >= 4 is 11.7 Å². The van der Waals surface area contributed by atoms with Crippen LogP contribution in [0, 0.1) is 5.92 Å². The van der Waals surface area contributed by atoms with E-state index in [1.54, 1.807) is 0 Å². The lowest BCUT2D eigenvalue weighted by Crippen LogP contribution is -2.57. The third-order valence-electron chi connectivity index (χ3n) is 7.64. The fourth-order valence-corrected chi connectivity index (χ4v) is 5.67. The number of ether oxygens (including phenoxy) is 1. The Morgan fingerprint density at radius 3 is 2.61 bits per heavy atom. The van der Waals surface area contributed by atoms with Crippen molar-refractivity contribution in [2.24, 2.45) is 13.0 Å². The van der Waals surface area contributed by atoms with E-state index in [0.29, 0.717) is 44.2 Å². The van der Waals surface area contributed by atoms with Crippen LogP contribution in [0.5, 0.6) is 0 Å². The summed E-state index contributed by atoms with van der Waals surface area (Å²) in [5.74, 6) is 1.14. The average Bonchev–Trinajstić information content (AvgIpc) is 3.25. The first kappa shape index (κ1) is 22.2. The summed E-state index contributed by atoms with van der Waals surface area (Å²) in [4.78, 5) is 19.0. The van der Waals surface area contributed by atoms with Crippen molar-refractivity contribution in [2.45, 2.75) is 24.8 Å². The maximum atomic E-state index is 12.5. The second kappa shape index (κ2) is 9.35. The number of carbonyl (C=O) groups excluding carboxylic acids is 1. The summed E-state index contributed by atoms with van der Waals surface area (Å²) in [6, 6.07) is 11.4. The number of anilines is 1. The Kier molecular flexibility index (Phi) is 6.29. The zero-order valence-corrected chi connectivity index (χ0v) is 20.0. The molecular formula is C25H36N6O2. The molecule has 1 N–H and O–H groups in total. The smallest absolute Gasteiger partial charge is 0.317 e. The maximum Gasteiger partial charge on any atom is 0.317 e. The van der Waals surface area contributed by atoms with Crippen LogP contribution in [0.2, 0.25) is 0 Å². The summed E-state index contributed by atoms with van der Waals surface area (Å²) in [7, 11) is 6.19. The molecule has 1 aromatic carbocycles. The zero-order chi connectivity index (χ0) is 22.9. The van der Waals surface area contributed by atoms with E-state index in [1.165, 1.54) is 17.8 Å². The number of carbonyl (C=O) groups is 1. The second-order valence-electron chi connectivity index (χ2n) is 9.84. The molecule has 178 valence electrons. The molecule has 0 saturated carbocycles. The van der Waals surface area contributed by atoms with Crippen molar-refractivity contribution in [3.63, 3.8) is 0 Å². The molecule has 4 saturated heterocycles. The number of fused-ring (bicyclic) bond motifs is 3. The van der Waals surface area contributed by atoms with Gasteiger partial charge < -0.3 is 19.9 Å². The van der Waals surface area contributed by atoms with E-state index in [-0.39, 0.29) is 6.03 Å². The molecule has 1 aromatic heterocycles. The molecule has 8 nitrogen and oxygen atoms in total. The predicted molar refractivity (Wildman–Crippen MR) is 130 cm³/mol. The molecule has 4 unspecified atom stereocenters. The Balaban J connectivity index is 1.23. The molecular weight excluding hydrogens is 416 g/mol. The summed E-state index contributed by atoms with van der Waals surface area (Å²) >= 11 is 0. The van der Waals surface area contributed by atoms with Crippen LogP contribution in [0.1, 0.15) is 24.5 Å². The molecule has 6 rings (SSSR count). The SMILES string of the molecule is CN(C)c1ccc(-c2cc(C3CN4CCC3CC4CNC(=O)N3CCOCC3)n(C)n2)cc1. The fourth-order valence-electron chi connectivity index (χ4n) is 5.67. The highest BCUT2D eigenvalue weighted by atomic mass is 16.5. The highest BCUT2D eigenvalue weighted by Gasteiger charge is 2.42. The monoisotopic (exact) mass is 452 g/mol. The van der Waals surface area contributed by atoms with Gasteiger partial charge in [-0.1, -0.05) is 12.1 Å². The van der Waals surface area contributed by atoms with E-state index in [1.807, 2.05) is 4.90 Å². The molecule has 5 heterocycles. The summed E-state index contributed by atoms with van der Waals surface area (Å²) in [6.07, 6.45) is 2.35.